The Hall–Kier alpha value is -1.40. The van der Waals surface area contributed by atoms with Crippen molar-refractivity contribution in [3.63, 3.8) is 0 Å². The summed E-state index contributed by atoms with van der Waals surface area (Å²) in [6.07, 6.45) is 0.715. The number of thiazole rings is 1. The second kappa shape index (κ2) is 5.71. The van der Waals surface area contributed by atoms with Crippen molar-refractivity contribution in [3.8, 4) is 16.2 Å². The van der Waals surface area contributed by atoms with E-state index in [1.54, 1.807) is 7.11 Å². The van der Waals surface area contributed by atoms with Gasteiger partial charge in [0, 0.05) is 10.0 Å². The van der Waals surface area contributed by atoms with Gasteiger partial charge in [0.25, 0.3) is 0 Å². The van der Waals surface area contributed by atoms with Gasteiger partial charge in [-0.05, 0) is 24.6 Å². The van der Waals surface area contributed by atoms with Crippen LogP contribution in [0, 0.1) is 0 Å². The number of hydrogen-bond acceptors (Lipinski definition) is 4. The summed E-state index contributed by atoms with van der Waals surface area (Å²) in [5, 5.41) is 10.1. The van der Waals surface area contributed by atoms with Crippen molar-refractivity contribution < 1.29 is 14.6 Å². The highest BCUT2D eigenvalue weighted by molar-refractivity contribution is 9.10. The number of ether oxygens (including phenoxy) is 1. The van der Waals surface area contributed by atoms with Crippen LogP contribution in [0.2, 0.25) is 0 Å². The third-order valence-electron chi connectivity index (χ3n) is 2.59. The summed E-state index contributed by atoms with van der Waals surface area (Å²) in [4.78, 5) is 16.1. The van der Waals surface area contributed by atoms with E-state index in [1.807, 2.05) is 25.1 Å². The topological polar surface area (TPSA) is 59.4 Å². The van der Waals surface area contributed by atoms with Crippen molar-refractivity contribution in [2.24, 2.45) is 0 Å². The van der Waals surface area contributed by atoms with Crippen LogP contribution in [0.25, 0.3) is 10.4 Å². The zero-order chi connectivity index (χ0) is 14.0. The van der Waals surface area contributed by atoms with Gasteiger partial charge < -0.3 is 9.84 Å². The molecule has 19 heavy (non-hydrogen) atoms. The molecule has 0 saturated heterocycles. The van der Waals surface area contributed by atoms with Crippen LogP contribution in [0.1, 0.15) is 22.4 Å². The molecule has 4 nitrogen and oxygen atoms in total. The Bertz CT molecular complexity index is 624. The lowest BCUT2D eigenvalue weighted by Gasteiger charge is -2.06. The molecule has 0 aliphatic rings. The predicted octanol–water partition coefficient (Wildman–Crippen LogP) is 3.84. The van der Waals surface area contributed by atoms with E-state index in [-0.39, 0.29) is 5.69 Å². The Morgan fingerprint density at radius 2 is 2.26 bits per heavy atom. The van der Waals surface area contributed by atoms with E-state index in [0.717, 1.165) is 15.0 Å². The van der Waals surface area contributed by atoms with Crippen LogP contribution in [-0.2, 0) is 6.42 Å². The third kappa shape index (κ3) is 2.79. The molecule has 6 heteroatoms. The molecule has 0 bridgehead atoms. The predicted molar refractivity (Wildman–Crippen MR) is 78.1 cm³/mol. The third-order valence-corrected chi connectivity index (χ3v) is 4.52. The molecule has 0 fully saturated rings. The Kier molecular flexibility index (Phi) is 4.21. The summed E-state index contributed by atoms with van der Waals surface area (Å²) in [6, 6.07) is 5.46. The van der Waals surface area contributed by atoms with Crippen LogP contribution in [-0.4, -0.2) is 23.2 Å². The molecule has 100 valence electrons. The van der Waals surface area contributed by atoms with E-state index in [4.69, 9.17) is 4.74 Å². The van der Waals surface area contributed by atoms with E-state index in [9.17, 15) is 9.90 Å². The van der Waals surface area contributed by atoms with Gasteiger partial charge in [-0.2, -0.15) is 0 Å². The van der Waals surface area contributed by atoms with Gasteiger partial charge >= 0.3 is 5.97 Å². The number of aromatic carboxylic acids is 1. The van der Waals surface area contributed by atoms with Gasteiger partial charge in [-0.25, -0.2) is 9.78 Å². The summed E-state index contributed by atoms with van der Waals surface area (Å²) in [5.74, 6) is -0.332. The number of carboxylic acid groups (broad SMARTS) is 1. The van der Waals surface area contributed by atoms with Crippen LogP contribution < -0.4 is 4.74 Å². The first-order valence-corrected chi connectivity index (χ1v) is 7.24. The quantitative estimate of drug-likeness (QED) is 0.917. The Balaban J connectivity index is 2.63. The molecule has 0 radical (unpaired) electrons. The average Bonchev–Trinajstić information content (AvgIpc) is 2.83. The number of methoxy groups -OCH3 is 1. The van der Waals surface area contributed by atoms with Crippen LogP contribution in [0.3, 0.4) is 0 Å². The maximum absolute atomic E-state index is 11.3. The van der Waals surface area contributed by atoms with Gasteiger partial charge in [0.05, 0.1) is 17.0 Å². The lowest BCUT2D eigenvalue weighted by atomic mass is 10.1. The first-order valence-electron chi connectivity index (χ1n) is 5.63. The SMILES string of the molecule is CCc1nc(C(=O)O)c(-c2cc(OC)ccc2Br)s1. The number of carbonyl (C=O) groups is 1. The molecule has 1 aromatic heterocycles. The van der Waals surface area contributed by atoms with Gasteiger partial charge in [-0.3, -0.25) is 0 Å². The first kappa shape index (κ1) is 14.0. The number of benzene rings is 1. The van der Waals surface area contributed by atoms with E-state index in [1.165, 1.54) is 11.3 Å². The van der Waals surface area contributed by atoms with Crippen LogP contribution in [0.5, 0.6) is 5.75 Å². The first-order chi connectivity index (χ1) is 9.06. The van der Waals surface area contributed by atoms with Crippen molar-refractivity contribution in [2.45, 2.75) is 13.3 Å². The molecule has 1 N–H and O–H groups in total. The molecule has 1 aromatic carbocycles. The average molecular weight is 342 g/mol. The van der Waals surface area contributed by atoms with E-state index < -0.39 is 5.97 Å². The second-order valence-electron chi connectivity index (χ2n) is 3.79. The lowest BCUT2D eigenvalue weighted by molar-refractivity contribution is 0.0692. The highest BCUT2D eigenvalue weighted by Crippen LogP contribution is 2.37. The van der Waals surface area contributed by atoms with E-state index >= 15 is 0 Å². The minimum absolute atomic E-state index is 0.0933. The monoisotopic (exact) mass is 341 g/mol. The minimum Gasteiger partial charge on any atom is -0.497 e. The normalized spacial score (nSPS) is 10.5. The highest BCUT2D eigenvalue weighted by Gasteiger charge is 2.20. The number of nitrogens with zero attached hydrogens (tertiary/aromatic N) is 1. The van der Waals surface area contributed by atoms with Crippen molar-refractivity contribution >= 4 is 33.2 Å². The van der Waals surface area contributed by atoms with Gasteiger partial charge in [0.15, 0.2) is 5.69 Å². The number of carboxylic acids is 1. The van der Waals surface area contributed by atoms with Gasteiger partial charge in [0.2, 0.25) is 0 Å². The van der Waals surface area contributed by atoms with Gasteiger partial charge in [0.1, 0.15) is 5.75 Å². The Morgan fingerprint density at radius 3 is 2.84 bits per heavy atom. The summed E-state index contributed by atoms with van der Waals surface area (Å²) < 4.78 is 6.00. The van der Waals surface area contributed by atoms with Gasteiger partial charge in [-0.1, -0.05) is 22.9 Å². The molecule has 0 saturated carbocycles. The van der Waals surface area contributed by atoms with Crippen LogP contribution in [0.4, 0.5) is 0 Å². The summed E-state index contributed by atoms with van der Waals surface area (Å²) in [7, 11) is 1.58. The molecule has 0 aliphatic heterocycles. The van der Waals surface area contributed by atoms with Crippen LogP contribution >= 0.6 is 27.3 Å². The van der Waals surface area contributed by atoms with Crippen molar-refractivity contribution in [1.29, 1.82) is 0 Å². The maximum atomic E-state index is 11.3. The fourth-order valence-electron chi connectivity index (χ4n) is 1.65. The molecule has 0 atom stereocenters. The Morgan fingerprint density at radius 1 is 1.53 bits per heavy atom. The maximum Gasteiger partial charge on any atom is 0.356 e. The van der Waals surface area contributed by atoms with E-state index in [2.05, 4.69) is 20.9 Å². The molecule has 0 aliphatic carbocycles. The molecule has 0 amide bonds. The Labute approximate surface area is 123 Å². The number of hydrogen-bond donors (Lipinski definition) is 1. The fraction of sp³-hybridized carbons (Fsp3) is 0.231. The molecule has 0 unspecified atom stereocenters. The van der Waals surface area contributed by atoms with Crippen molar-refractivity contribution in [3.05, 3.63) is 33.4 Å². The smallest absolute Gasteiger partial charge is 0.356 e. The summed E-state index contributed by atoms with van der Waals surface area (Å²) in [5.41, 5.74) is 0.879. The number of aryl methyl sites for hydroxylation is 1. The van der Waals surface area contributed by atoms with Crippen molar-refractivity contribution in [2.75, 3.05) is 7.11 Å². The molecule has 2 rings (SSSR count). The molecular formula is C13H12BrNO3S. The minimum atomic E-state index is -1.01. The largest absolute Gasteiger partial charge is 0.497 e. The fourth-order valence-corrected chi connectivity index (χ4v) is 3.25. The molecule has 2 aromatic rings. The summed E-state index contributed by atoms with van der Waals surface area (Å²) >= 11 is 4.84. The molecule has 1 heterocycles. The van der Waals surface area contributed by atoms with E-state index in [0.29, 0.717) is 17.0 Å². The molecule has 0 spiro atoms. The highest BCUT2D eigenvalue weighted by atomic mass is 79.9. The standard InChI is InChI=1S/C13H12BrNO3S/c1-3-10-15-11(13(16)17)12(19-10)8-6-7(18-2)4-5-9(8)14/h4-6H,3H2,1-2H3,(H,16,17). The number of aromatic nitrogens is 1. The second-order valence-corrected chi connectivity index (χ2v) is 5.73. The van der Waals surface area contributed by atoms with Gasteiger partial charge in [-0.15, -0.1) is 11.3 Å². The zero-order valence-electron chi connectivity index (χ0n) is 10.4. The number of rotatable bonds is 4. The van der Waals surface area contributed by atoms with Crippen LogP contribution in [0.15, 0.2) is 22.7 Å². The van der Waals surface area contributed by atoms with Crippen molar-refractivity contribution in [1.82, 2.24) is 4.98 Å². The lowest BCUT2D eigenvalue weighted by Crippen LogP contribution is -1.99. The zero-order valence-corrected chi connectivity index (χ0v) is 12.8. The number of halogens is 1. The summed E-state index contributed by atoms with van der Waals surface area (Å²) in [6.45, 7) is 1.95. The molecular weight excluding hydrogens is 330 g/mol.